The van der Waals surface area contributed by atoms with Gasteiger partial charge in [-0.1, -0.05) is 55.8 Å². The molecule has 1 saturated heterocycles. The highest BCUT2D eigenvalue weighted by atomic mass is 19.1. The van der Waals surface area contributed by atoms with Crippen LogP contribution in [0.2, 0.25) is 0 Å². The van der Waals surface area contributed by atoms with Crippen LogP contribution in [0, 0.1) is 5.82 Å². The monoisotopic (exact) mass is 371 g/mol. The van der Waals surface area contributed by atoms with Crippen LogP contribution >= 0.6 is 0 Å². The Bertz CT molecular complexity index is 752. The summed E-state index contributed by atoms with van der Waals surface area (Å²) in [5.74, 6) is -0.396. The second-order valence-electron chi connectivity index (χ2n) is 7.03. The molecule has 4 nitrogen and oxygen atoms in total. The number of carbonyl (C=O) groups is 1. The minimum atomic E-state index is -0.938. The maximum atomic E-state index is 13.6. The van der Waals surface area contributed by atoms with Gasteiger partial charge in [0.25, 0.3) is 0 Å². The number of aliphatic hydroxyl groups excluding tert-OH is 1. The van der Waals surface area contributed by atoms with Crippen molar-refractivity contribution in [2.24, 2.45) is 0 Å². The number of ether oxygens (including phenoxy) is 1. The molecule has 3 rings (SSSR count). The minimum absolute atomic E-state index is 0.0338. The van der Waals surface area contributed by atoms with Crippen LogP contribution in [0.4, 0.5) is 9.18 Å². The SMILES string of the molecule is CCC[C@H]1CC[C@@H](C(O)c2cccc(F)c2)N1C(=O)OCc1ccccc1. The lowest BCUT2D eigenvalue weighted by molar-refractivity contribution is 0.0332. The van der Waals surface area contributed by atoms with Gasteiger partial charge in [0.15, 0.2) is 0 Å². The molecule has 0 aromatic heterocycles. The molecule has 0 spiro atoms. The first kappa shape index (κ1) is 19.4. The van der Waals surface area contributed by atoms with E-state index in [0.717, 1.165) is 24.8 Å². The number of halogens is 1. The van der Waals surface area contributed by atoms with Crippen molar-refractivity contribution in [2.75, 3.05) is 0 Å². The number of carbonyl (C=O) groups excluding carboxylic acids is 1. The molecule has 1 unspecified atom stereocenters. The van der Waals surface area contributed by atoms with Crippen molar-refractivity contribution in [3.05, 3.63) is 71.5 Å². The van der Waals surface area contributed by atoms with Gasteiger partial charge < -0.3 is 9.84 Å². The summed E-state index contributed by atoms with van der Waals surface area (Å²) in [6.45, 7) is 2.27. The molecule has 1 heterocycles. The molecule has 1 N–H and O–H groups in total. The third kappa shape index (κ3) is 4.66. The predicted octanol–water partition coefficient (Wildman–Crippen LogP) is 4.83. The van der Waals surface area contributed by atoms with Gasteiger partial charge in [-0.15, -0.1) is 0 Å². The van der Waals surface area contributed by atoms with Crippen LogP contribution in [-0.4, -0.2) is 28.2 Å². The summed E-state index contributed by atoms with van der Waals surface area (Å²) in [5.41, 5.74) is 1.40. The smallest absolute Gasteiger partial charge is 0.410 e. The van der Waals surface area contributed by atoms with Crippen molar-refractivity contribution in [3.63, 3.8) is 0 Å². The molecule has 0 saturated carbocycles. The van der Waals surface area contributed by atoms with Gasteiger partial charge in [-0.2, -0.15) is 0 Å². The fourth-order valence-electron chi connectivity index (χ4n) is 3.83. The topological polar surface area (TPSA) is 49.8 Å². The number of amides is 1. The van der Waals surface area contributed by atoms with Crippen molar-refractivity contribution in [1.82, 2.24) is 4.90 Å². The first-order chi connectivity index (χ1) is 13.1. The Morgan fingerprint density at radius 3 is 2.70 bits per heavy atom. The normalized spacial score (nSPS) is 20.5. The van der Waals surface area contributed by atoms with Gasteiger partial charge >= 0.3 is 6.09 Å². The van der Waals surface area contributed by atoms with E-state index in [1.165, 1.54) is 12.1 Å². The zero-order valence-electron chi connectivity index (χ0n) is 15.6. The van der Waals surface area contributed by atoms with Crippen LogP contribution in [-0.2, 0) is 11.3 Å². The Hall–Kier alpha value is -2.40. The van der Waals surface area contributed by atoms with Gasteiger partial charge in [-0.05, 0) is 42.5 Å². The van der Waals surface area contributed by atoms with E-state index in [0.29, 0.717) is 12.0 Å². The third-order valence-electron chi connectivity index (χ3n) is 5.14. The van der Waals surface area contributed by atoms with Crippen LogP contribution in [0.15, 0.2) is 54.6 Å². The number of benzene rings is 2. The summed E-state index contributed by atoms with van der Waals surface area (Å²) in [4.78, 5) is 14.5. The number of hydrogen-bond donors (Lipinski definition) is 1. The first-order valence-electron chi connectivity index (χ1n) is 9.52. The number of hydrogen-bond acceptors (Lipinski definition) is 3. The fraction of sp³-hybridized carbons (Fsp3) is 0.409. The molecule has 27 heavy (non-hydrogen) atoms. The van der Waals surface area contributed by atoms with E-state index in [4.69, 9.17) is 4.74 Å². The van der Waals surface area contributed by atoms with E-state index in [9.17, 15) is 14.3 Å². The predicted molar refractivity (Wildman–Crippen MR) is 102 cm³/mol. The Morgan fingerprint density at radius 1 is 1.22 bits per heavy atom. The van der Waals surface area contributed by atoms with Crippen LogP contribution in [0.3, 0.4) is 0 Å². The van der Waals surface area contributed by atoms with Crippen molar-refractivity contribution >= 4 is 6.09 Å². The van der Waals surface area contributed by atoms with E-state index >= 15 is 0 Å². The average molecular weight is 371 g/mol. The molecular weight excluding hydrogens is 345 g/mol. The fourth-order valence-corrected chi connectivity index (χ4v) is 3.83. The summed E-state index contributed by atoms with van der Waals surface area (Å²) in [5, 5.41) is 10.8. The Morgan fingerprint density at radius 2 is 2.00 bits per heavy atom. The largest absolute Gasteiger partial charge is 0.445 e. The summed E-state index contributed by atoms with van der Waals surface area (Å²) >= 11 is 0. The molecule has 0 radical (unpaired) electrons. The number of nitrogens with zero attached hydrogens (tertiary/aromatic N) is 1. The summed E-state index contributed by atoms with van der Waals surface area (Å²) < 4.78 is 19.1. The molecule has 2 aromatic carbocycles. The zero-order chi connectivity index (χ0) is 19.2. The maximum Gasteiger partial charge on any atom is 0.410 e. The van der Waals surface area contributed by atoms with Crippen LogP contribution in [0.1, 0.15) is 49.8 Å². The third-order valence-corrected chi connectivity index (χ3v) is 5.14. The molecule has 2 aromatic rings. The quantitative estimate of drug-likeness (QED) is 0.791. The highest BCUT2D eigenvalue weighted by Gasteiger charge is 2.41. The second-order valence-corrected chi connectivity index (χ2v) is 7.03. The summed E-state index contributed by atoms with van der Waals surface area (Å²) in [6.07, 6.45) is 1.92. The number of aliphatic hydroxyl groups is 1. The van der Waals surface area contributed by atoms with Crippen molar-refractivity contribution in [3.8, 4) is 0 Å². The molecule has 144 valence electrons. The summed E-state index contributed by atoms with van der Waals surface area (Å²) in [6, 6.07) is 15.1. The Labute approximate surface area is 159 Å². The maximum absolute atomic E-state index is 13.6. The molecule has 1 amide bonds. The molecule has 1 aliphatic rings. The van der Waals surface area contributed by atoms with Gasteiger partial charge in [0, 0.05) is 6.04 Å². The first-order valence-corrected chi connectivity index (χ1v) is 9.52. The standard InChI is InChI=1S/C22H26FNO3/c1-2-7-19-12-13-20(21(25)17-10-6-11-18(23)14-17)24(19)22(26)27-15-16-8-4-3-5-9-16/h3-6,8-11,14,19-21,25H,2,7,12-13,15H2,1H3/t19-,20-,21?/m0/s1. The van der Waals surface area contributed by atoms with Crippen molar-refractivity contribution < 1.29 is 19.0 Å². The van der Waals surface area contributed by atoms with Gasteiger partial charge in [0.05, 0.1) is 12.1 Å². The molecule has 1 fully saturated rings. The lowest BCUT2D eigenvalue weighted by Crippen LogP contribution is -2.44. The minimum Gasteiger partial charge on any atom is -0.445 e. The van der Waals surface area contributed by atoms with E-state index in [-0.39, 0.29) is 12.6 Å². The molecule has 1 aliphatic heterocycles. The Kier molecular flexibility index (Phi) is 6.45. The van der Waals surface area contributed by atoms with E-state index < -0.39 is 24.1 Å². The van der Waals surface area contributed by atoms with Gasteiger partial charge in [-0.25, -0.2) is 9.18 Å². The van der Waals surface area contributed by atoms with E-state index in [2.05, 4.69) is 6.92 Å². The Balaban J connectivity index is 1.75. The van der Waals surface area contributed by atoms with Gasteiger partial charge in [-0.3, -0.25) is 4.90 Å². The number of likely N-dealkylation sites (tertiary alicyclic amines) is 1. The van der Waals surface area contributed by atoms with Crippen molar-refractivity contribution in [2.45, 2.75) is 57.4 Å². The lowest BCUT2D eigenvalue weighted by atomic mass is 10.0. The van der Waals surface area contributed by atoms with Crippen LogP contribution < -0.4 is 0 Å². The lowest BCUT2D eigenvalue weighted by Gasteiger charge is -2.32. The van der Waals surface area contributed by atoms with Crippen LogP contribution in [0.5, 0.6) is 0 Å². The molecule has 3 atom stereocenters. The number of rotatable bonds is 6. The van der Waals surface area contributed by atoms with Crippen LogP contribution in [0.25, 0.3) is 0 Å². The average Bonchev–Trinajstić information content (AvgIpc) is 3.10. The highest BCUT2D eigenvalue weighted by Crippen LogP contribution is 2.35. The highest BCUT2D eigenvalue weighted by molar-refractivity contribution is 5.69. The van der Waals surface area contributed by atoms with E-state index in [1.807, 2.05) is 30.3 Å². The van der Waals surface area contributed by atoms with Gasteiger partial charge in [0.1, 0.15) is 12.4 Å². The zero-order valence-corrected chi connectivity index (χ0v) is 15.6. The summed E-state index contributed by atoms with van der Waals surface area (Å²) in [7, 11) is 0. The van der Waals surface area contributed by atoms with Gasteiger partial charge in [0.2, 0.25) is 0 Å². The second kappa shape index (κ2) is 9.00. The molecule has 0 aliphatic carbocycles. The molecule has 0 bridgehead atoms. The molecular formula is C22H26FNO3. The van der Waals surface area contributed by atoms with Crippen molar-refractivity contribution in [1.29, 1.82) is 0 Å². The molecule has 5 heteroatoms. The van der Waals surface area contributed by atoms with E-state index in [1.54, 1.807) is 17.0 Å².